The maximum Gasteiger partial charge on any atom is 0.0350 e. The number of hydrogen-bond acceptors (Lipinski definition) is 3. The average Bonchev–Trinajstić information content (AvgIpc) is 2.90. The van der Waals surface area contributed by atoms with Crippen molar-refractivity contribution in [1.29, 1.82) is 0 Å². The molecule has 1 atom stereocenters. The zero-order chi connectivity index (χ0) is 17.5. The van der Waals surface area contributed by atoms with Crippen molar-refractivity contribution in [2.45, 2.75) is 72.4 Å². The molecule has 0 aromatic rings. The Hall–Kier alpha value is -0.120. The maximum absolute atomic E-state index is 2.79. The molecule has 0 aromatic heterocycles. The highest BCUT2D eigenvalue weighted by atomic mass is 15.3. The minimum atomic E-state index is 0.351. The summed E-state index contributed by atoms with van der Waals surface area (Å²) in [4.78, 5) is 8.18. The summed E-state index contributed by atoms with van der Waals surface area (Å²) in [6.45, 7) is 23.6. The molecule has 3 fully saturated rings. The Bertz CT molecular complexity index is 406. The molecular weight excluding hydrogens is 294 g/mol. The van der Waals surface area contributed by atoms with Gasteiger partial charge in [-0.05, 0) is 76.9 Å². The Morgan fingerprint density at radius 2 is 1.42 bits per heavy atom. The molecule has 3 nitrogen and oxygen atoms in total. The summed E-state index contributed by atoms with van der Waals surface area (Å²) in [5, 5.41) is 0. The van der Waals surface area contributed by atoms with Gasteiger partial charge >= 0.3 is 0 Å². The van der Waals surface area contributed by atoms with Crippen LogP contribution < -0.4 is 0 Å². The standard InChI is InChI=1S/C21H41N3/c1-20(2,3)18-8-10-23(11-9-18)19-15-22(16-19)13-17-7-12-24(14-17)21(4,5)6/h17-19H,7-16H2,1-6H3. The van der Waals surface area contributed by atoms with Gasteiger partial charge in [0.15, 0.2) is 0 Å². The first-order chi connectivity index (χ1) is 11.1. The van der Waals surface area contributed by atoms with E-state index in [2.05, 4.69) is 56.2 Å². The molecule has 0 amide bonds. The van der Waals surface area contributed by atoms with Gasteiger partial charge in [-0.3, -0.25) is 14.7 Å². The highest BCUT2D eigenvalue weighted by Gasteiger charge is 2.38. The minimum Gasteiger partial charge on any atom is -0.300 e. The molecule has 24 heavy (non-hydrogen) atoms. The molecule has 0 saturated carbocycles. The number of rotatable bonds is 3. The fourth-order valence-corrected chi connectivity index (χ4v) is 5.01. The molecule has 3 heterocycles. The van der Waals surface area contributed by atoms with Gasteiger partial charge in [0, 0.05) is 37.8 Å². The molecule has 0 spiro atoms. The van der Waals surface area contributed by atoms with Crippen LogP contribution in [0.25, 0.3) is 0 Å². The monoisotopic (exact) mass is 335 g/mol. The second-order valence-corrected chi connectivity index (χ2v) is 10.8. The van der Waals surface area contributed by atoms with E-state index in [0.29, 0.717) is 11.0 Å². The van der Waals surface area contributed by atoms with Gasteiger partial charge in [0.1, 0.15) is 0 Å². The smallest absolute Gasteiger partial charge is 0.0350 e. The molecule has 0 aliphatic carbocycles. The van der Waals surface area contributed by atoms with Gasteiger partial charge in [-0.15, -0.1) is 0 Å². The van der Waals surface area contributed by atoms with E-state index in [1.165, 1.54) is 65.1 Å². The van der Waals surface area contributed by atoms with Crippen molar-refractivity contribution >= 4 is 0 Å². The average molecular weight is 336 g/mol. The van der Waals surface area contributed by atoms with Crippen LogP contribution in [0.4, 0.5) is 0 Å². The topological polar surface area (TPSA) is 9.72 Å². The highest BCUT2D eigenvalue weighted by molar-refractivity contribution is 4.94. The molecular formula is C21H41N3. The third kappa shape index (κ3) is 4.34. The van der Waals surface area contributed by atoms with Gasteiger partial charge in [-0.1, -0.05) is 20.8 Å². The number of piperidine rings is 1. The fourth-order valence-electron chi connectivity index (χ4n) is 5.01. The Morgan fingerprint density at radius 3 is 1.92 bits per heavy atom. The number of nitrogens with zero attached hydrogens (tertiary/aromatic N) is 3. The van der Waals surface area contributed by atoms with E-state index >= 15 is 0 Å². The van der Waals surface area contributed by atoms with Crippen LogP contribution in [-0.4, -0.2) is 72.1 Å². The first-order valence-electron chi connectivity index (χ1n) is 10.3. The maximum atomic E-state index is 2.79. The zero-order valence-corrected chi connectivity index (χ0v) is 17.1. The van der Waals surface area contributed by atoms with E-state index in [-0.39, 0.29) is 0 Å². The quantitative estimate of drug-likeness (QED) is 0.781. The fraction of sp³-hybridized carbons (Fsp3) is 1.00. The van der Waals surface area contributed by atoms with Gasteiger partial charge in [-0.25, -0.2) is 0 Å². The van der Waals surface area contributed by atoms with E-state index in [9.17, 15) is 0 Å². The van der Waals surface area contributed by atoms with Gasteiger partial charge in [0.2, 0.25) is 0 Å². The lowest BCUT2D eigenvalue weighted by molar-refractivity contribution is -0.00473. The number of hydrogen-bond donors (Lipinski definition) is 0. The van der Waals surface area contributed by atoms with Crippen molar-refractivity contribution < 1.29 is 0 Å². The van der Waals surface area contributed by atoms with E-state index < -0.39 is 0 Å². The Morgan fingerprint density at radius 1 is 0.792 bits per heavy atom. The summed E-state index contributed by atoms with van der Waals surface area (Å²) < 4.78 is 0. The second kappa shape index (κ2) is 6.89. The Labute approximate surface area is 150 Å². The van der Waals surface area contributed by atoms with Crippen molar-refractivity contribution in [3.63, 3.8) is 0 Å². The van der Waals surface area contributed by atoms with Crippen LogP contribution in [0, 0.1) is 17.3 Å². The predicted molar refractivity (Wildman–Crippen MR) is 103 cm³/mol. The van der Waals surface area contributed by atoms with Crippen molar-refractivity contribution in [2.24, 2.45) is 17.3 Å². The van der Waals surface area contributed by atoms with Crippen LogP contribution in [0.2, 0.25) is 0 Å². The molecule has 3 aliphatic rings. The third-order valence-corrected chi connectivity index (χ3v) is 6.96. The van der Waals surface area contributed by atoms with Crippen LogP contribution in [0.1, 0.15) is 60.8 Å². The van der Waals surface area contributed by atoms with Crippen molar-refractivity contribution in [2.75, 3.05) is 45.8 Å². The molecule has 140 valence electrons. The van der Waals surface area contributed by atoms with Crippen molar-refractivity contribution in [3.05, 3.63) is 0 Å². The van der Waals surface area contributed by atoms with Gasteiger partial charge in [-0.2, -0.15) is 0 Å². The Kier molecular flexibility index (Phi) is 5.36. The van der Waals surface area contributed by atoms with Crippen LogP contribution in [0.5, 0.6) is 0 Å². The van der Waals surface area contributed by atoms with E-state index in [1.807, 2.05) is 0 Å². The van der Waals surface area contributed by atoms with Gasteiger partial charge < -0.3 is 0 Å². The second-order valence-electron chi connectivity index (χ2n) is 10.8. The van der Waals surface area contributed by atoms with Crippen molar-refractivity contribution in [3.8, 4) is 0 Å². The van der Waals surface area contributed by atoms with E-state index in [4.69, 9.17) is 0 Å². The Balaban J connectivity index is 1.35. The SMILES string of the molecule is CC(C)(C)C1CCN(C2CN(CC3CCN(C(C)(C)C)C3)C2)CC1. The lowest BCUT2D eigenvalue weighted by Gasteiger charge is -2.49. The summed E-state index contributed by atoms with van der Waals surface area (Å²) in [6.07, 6.45) is 4.21. The predicted octanol–water partition coefficient (Wildman–Crippen LogP) is 3.55. The molecule has 3 saturated heterocycles. The van der Waals surface area contributed by atoms with E-state index in [1.54, 1.807) is 0 Å². The molecule has 3 rings (SSSR count). The largest absolute Gasteiger partial charge is 0.300 e. The molecule has 1 unspecified atom stereocenters. The summed E-state index contributed by atoms with van der Waals surface area (Å²) in [6, 6.07) is 0.853. The molecule has 0 aromatic carbocycles. The zero-order valence-electron chi connectivity index (χ0n) is 17.1. The molecule has 0 bridgehead atoms. The lowest BCUT2D eigenvalue weighted by atomic mass is 9.75. The first-order valence-corrected chi connectivity index (χ1v) is 10.3. The molecule has 0 N–H and O–H groups in total. The first kappa shape index (κ1) is 18.7. The van der Waals surface area contributed by atoms with Gasteiger partial charge in [0.05, 0.1) is 0 Å². The van der Waals surface area contributed by atoms with Crippen LogP contribution in [0.15, 0.2) is 0 Å². The normalized spacial score (nSPS) is 30.0. The van der Waals surface area contributed by atoms with Gasteiger partial charge in [0.25, 0.3) is 0 Å². The molecule has 3 heteroatoms. The summed E-state index contributed by atoms with van der Waals surface area (Å²) in [5.41, 5.74) is 0.850. The number of likely N-dealkylation sites (tertiary alicyclic amines) is 3. The van der Waals surface area contributed by atoms with Crippen LogP contribution in [0.3, 0.4) is 0 Å². The highest BCUT2D eigenvalue weighted by Crippen LogP contribution is 2.35. The third-order valence-electron chi connectivity index (χ3n) is 6.96. The minimum absolute atomic E-state index is 0.351. The summed E-state index contributed by atoms with van der Waals surface area (Å²) in [7, 11) is 0. The van der Waals surface area contributed by atoms with Crippen molar-refractivity contribution in [1.82, 2.24) is 14.7 Å². The molecule has 0 radical (unpaired) electrons. The van der Waals surface area contributed by atoms with E-state index in [0.717, 1.165) is 17.9 Å². The van der Waals surface area contributed by atoms with Crippen LogP contribution >= 0.6 is 0 Å². The summed E-state index contributed by atoms with van der Waals surface area (Å²) >= 11 is 0. The summed E-state index contributed by atoms with van der Waals surface area (Å²) in [5.74, 6) is 1.82. The molecule has 3 aliphatic heterocycles. The van der Waals surface area contributed by atoms with Crippen LogP contribution in [-0.2, 0) is 0 Å². The lowest BCUT2D eigenvalue weighted by Crippen LogP contribution is -2.61.